The second-order valence-corrected chi connectivity index (χ2v) is 5.32. The fourth-order valence-electron chi connectivity index (χ4n) is 2.01. The van der Waals surface area contributed by atoms with E-state index in [-0.39, 0.29) is 16.6 Å². The predicted molar refractivity (Wildman–Crippen MR) is 71.7 cm³/mol. The van der Waals surface area contributed by atoms with Gasteiger partial charge in [-0.2, -0.15) is 0 Å². The molecule has 1 unspecified atom stereocenters. The molecule has 4 heteroatoms. The maximum Gasteiger partial charge on any atom is 0.254 e. The van der Waals surface area contributed by atoms with E-state index in [9.17, 15) is 4.79 Å². The third-order valence-corrected chi connectivity index (χ3v) is 2.99. The van der Waals surface area contributed by atoms with Gasteiger partial charge < -0.3 is 0 Å². The third kappa shape index (κ3) is 3.84. The molecule has 0 radical (unpaired) electrons. The van der Waals surface area contributed by atoms with Gasteiger partial charge in [-0.25, -0.2) is 4.98 Å². The number of rotatable bonds is 5. The molecule has 3 nitrogen and oxygen atoms in total. The van der Waals surface area contributed by atoms with Crippen LogP contribution in [0.25, 0.3) is 0 Å². The first-order chi connectivity index (χ1) is 7.95. The highest BCUT2D eigenvalue weighted by Crippen LogP contribution is 2.15. The number of hydrogen-bond acceptors (Lipinski definition) is 2. The lowest BCUT2D eigenvalue weighted by Gasteiger charge is -2.18. The van der Waals surface area contributed by atoms with Gasteiger partial charge in [0.25, 0.3) is 5.56 Å². The summed E-state index contributed by atoms with van der Waals surface area (Å²) in [4.78, 5) is 16.2. The first kappa shape index (κ1) is 14.2. The van der Waals surface area contributed by atoms with Gasteiger partial charge >= 0.3 is 0 Å². The van der Waals surface area contributed by atoms with Crippen molar-refractivity contribution in [2.45, 2.75) is 53.0 Å². The van der Waals surface area contributed by atoms with Gasteiger partial charge in [0.2, 0.25) is 0 Å². The van der Waals surface area contributed by atoms with E-state index in [1.54, 1.807) is 4.57 Å². The first-order valence-corrected chi connectivity index (χ1v) is 6.60. The van der Waals surface area contributed by atoms with Crippen molar-refractivity contribution in [3.8, 4) is 0 Å². The van der Waals surface area contributed by atoms with Crippen molar-refractivity contribution in [1.82, 2.24) is 9.55 Å². The van der Waals surface area contributed by atoms with E-state index in [1.165, 1.54) is 6.07 Å². The van der Waals surface area contributed by atoms with E-state index < -0.39 is 0 Å². The summed E-state index contributed by atoms with van der Waals surface area (Å²) in [5.41, 5.74) is -0.0448. The monoisotopic (exact) mass is 256 g/mol. The molecule has 0 saturated carbocycles. The standard InChI is InChI=1S/C13H21ClN2O/c1-5-6-10(4)8-16-12(17)7-11(14)15-13(16)9(2)3/h7,9-10H,5-6,8H2,1-4H3. The van der Waals surface area contributed by atoms with E-state index in [0.29, 0.717) is 5.92 Å². The van der Waals surface area contributed by atoms with Crippen LogP contribution in [0.3, 0.4) is 0 Å². The largest absolute Gasteiger partial charge is 0.296 e. The van der Waals surface area contributed by atoms with Crippen LogP contribution in [0, 0.1) is 5.92 Å². The van der Waals surface area contributed by atoms with Crippen LogP contribution in [0.1, 0.15) is 52.3 Å². The number of halogens is 1. The zero-order chi connectivity index (χ0) is 13.0. The van der Waals surface area contributed by atoms with Crippen LogP contribution in [0.4, 0.5) is 0 Å². The number of nitrogens with zero attached hydrogens (tertiary/aromatic N) is 2. The molecule has 0 amide bonds. The molecule has 17 heavy (non-hydrogen) atoms. The number of hydrogen-bond donors (Lipinski definition) is 0. The fourth-order valence-corrected chi connectivity index (χ4v) is 2.19. The molecule has 0 saturated heterocycles. The van der Waals surface area contributed by atoms with Gasteiger partial charge in [0.05, 0.1) is 0 Å². The molecule has 0 spiro atoms. The van der Waals surface area contributed by atoms with E-state index in [2.05, 4.69) is 18.8 Å². The lowest BCUT2D eigenvalue weighted by molar-refractivity contribution is 0.419. The Morgan fingerprint density at radius 1 is 1.41 bits per heavy atom. The van der Waals surface area contributed by atoms with Gasteiger partial charge in [-0.15, -0.1) is 0 Å². The summed E-state index contributed by atoms with van der Waals surface area (Å²) in [6.45, 7) is 9.10. The Hall–Kier alpha value is -0.830. The Labute approximate surface area is 108 Å². The van der Waals surface area contributed by atoms with Crippen LogP contribution in [0.5, 0.6) is 0 Å². The van der Waals surface area contributed by atoms with Crippen molar-refractivity contribution in [2.75, 3.05) is 0 Å². The quantitative estimate of drug-likeness (QED) is 0.757. The van der Waals surface area contributed by atoms with E-state index in [4.69, 9.17) is 11.6 Å². The molecule has 1 heterocycles. The number of aromatic nitrogens is 2. The molecule has 0 fully saturated rings. The van der Waals surface area contributed by atoms with Crippen LogP contribution < -0.4 is 5.56 Å². The maximum absolute atomic E-state index is 11.9. The van der Waals surface area contributed by atoms with Gasteiger partial charge in [0, 0.05) is 18.5 Å². The average molecular weight is 257 g/mol. The fraction of sp³-hybridized carbons (Fsp3) is 0.692. The van der Waals surface area contributed by atoms with E-state index in [0.717, 1.165) is 25.2 Å². The van der Waals surface area contributed by atoms with Crippen molar-refractivity contribution in [1.29, 1.82) is 0 Å². The summed E-state index contributed by atoms with van der Waals surface area (Å²) in [6.07, 6.45) is 2.25. The minimum absolute atomic E-state index is 0.0448. The molecular formula is C13H21ClN2O. The summed E-state index contributed by atoms with van der Waals surface area (Å²) >= 11 is 5.84. The molecule has 0 aliphatic carbocycles. The van der Waals surface area contributed by atoms with Crippen LogP contribution in [-0.4, -0.2) is 9.55 Å². The lowest BCUT2D eigenvalue weighted by Crippen LogP contribution is -2.27. The Bertz CT molecular complexity index is 426. The maximum atomic E-state index is 11.9. The Morgan fingerprint density at radius 2 is 2.06 bits per heavy atom. The molecule has 0 N–H and O–H groups in total. The van der Waals surface area contributed by atoms with Crippen molar-refractivity contribution in [2.24, 2.45) is 5.92 Å². The second kappa shape index (κ2) is 6.20. The van der Waals surface area contributed by atoms with Crippen molar-refractivity contribution in [3.05, 3.63) is 27.4 Å². The van der Waals surface area contributed by atoms with Crippen molar-refractivity contribution < 1.29 is 0 Å². The minimum atomic E-state index is -0.0448. The van der Waals surface area contributed by atoms with Gasteiger partial charge in [0.15, 0.2) is 0 Å². The Kier molecular flexibility index (Phi) is 5.19. The molecule has 96 valence electrons. The molecule has 0 bridgehead atoms. The highest BCUT2D eigenvalue weighted by atomic mass is 35.5. The molecule has 0 aromatic carbocycles. The molecule has 1 rings (SSSR count). The van der Waals surface area contributed by atoms with Crippen molar-refractivity contribution >= 4 is 11.6 Å². The van der Waals surface area contributed by atoms with Crippen LogP contribution in [-0.2, 0) is 6.54 Å². The molecule has 0 aliphatic rings. The Morgan fingerprint density at radius 3 is 2.59 bits per heavy atom. The SMILES string of the molecule is CCCC(C)Cn1c(C(C)C)nc(Cl)cc1=O. The zero-order valence-corrected chi connectivity index (χ0v) is 11.8. The van der Waals surface area contributed by atoms with Crippen molar-refractivity contribution in [3.63, 3.8) is 0 Å². The van der Waals surface area contributed by atoms with Crippen LogP contribution in [0.15, 0.2) is 10.9 Å². The summed E-state index contributed by atoms with van der Waals surface area (Å²) in [5.74, 6) is 1.47. The lowest BCUT2D eigenvalue weighted by atomic mass is 10.1. The average Bonchev–Trinajstić information content (AvgIpc) is 2.21. The van der Waals surface area contributed by atoms with E-state index in [1.807, 2.05) is 13.8 Å². The molecule has 1 aromatic rings. The molecular weight excluding hydrogens is 236 g/mol. The van der Waals surface area contributed by atoms with E-state index >= 15 is 0 Å². The normalized spacial score (nSPS) is 13.1. The second-order valence-electron chi connectivity index (χ2n) is 4.93. The smallest absolute Gasteiger partial charge is 0.254 e. The minimum Gasteiger partial charge on any atom is -0.296 e. The highest BCUT2D eigenvalue weighted by molar-refractivity contribution is 6.29. The summed E-state index contributed by atoms with van der Waals surface area (Å²) in [6, 6.07) is 1.39. The molecule has 0 aliphatic heterocycles. The van der Waals surface area contributed by atoms with Gasteiger partial charge in [-0.3, -0.25) is 9.36 Å². The van der Waals surface area contributed by atoms with Crippen LogP contribution >= 0.6 is 11.6 Å². The topological polar surface area (TPSA) is 34.9 Å². The molecule has 1 aromatic heterocycles. The summed E-state index contributed by atoms with van der Waals surface area (Å²) in [5, 5.41) is 0.290. The molecule has 1 atom stereocenters. The Balaban J connectivity index is 3.08. The van der Waals surface area contributed by atoms with Gasteiger partial charge in [-0.1, -0.05) is 45.7 Å². The van der Waals surface area contributed by atoms with Gasteiger partial charge in [0.1, 0.15) is 11.0 Å². The first-order valence-electron chi connectivity index (χ1n) is 6.23. The summed E-state index contributed by atoms with van der Waals surface area (Å²) < 4.78 is 1.76. The summed E-state index contributed by atoms with van der Waals surface area (Å²) in [7, 11) is 0. The predicted octanol–water partition coefficient (Wildman–Crippen LogP) is 3.46. The third-order valence-electron chi connectivity index (χ3n) is 2.80. The van der Waals surface area contributed by atoms with Gasteiger partial charge in [-0.05, 0) is 12.3 Å². The zero-order valence-electron chi connectivity index (χ0n) is 11.0. The highest BCUT2D eigenvalue weighted by Gasteiger charge is 2.13. The van der Waals surface area contributed by atoms with Crippen LogP contribution in [0.2, 0.25) is 5.15 Å².